The number of para-hydroxylation sites is 1. The molecule has 1 aromatic heterocycles. The number of allylic oxidation sites excluding steroid dienone is 2. The van der Waals surface area contributed by atoms with Crippen LogP contribution in [-0.4, -0.2) is 15.7 Å². The number of aryl methyl sites for hydroxylation is 1. The lowest BCUT2D eigenvalue weighted by Gasteiger charge is -2.40. The summed E-state index contributed by atoms with van der Waals surface area (Å²) in [6.07, 6.45) is 2.24. The molecule has 0 N–H and O–H groups in total. The predicted octanol–water partition coefficient (Wildman–Crippen LogP) is 2.88. The van der Waals surface area contributed by atoms with E-state index in [-0.39, 0.29) is 16.6 Å². The first kappa shape index (κ1) is 14.5. The topological polar surface area (TPSA) is 39.2 Å². The standard InChI is InChI=1S/C19H15NO2S2/c1-9-8-12-16-17(23-10(2)20-16)14-15(19(12,3)24-9)11-6-4-5-7-13(11)22-18(14)21/h4-8,15H,1-3H3/t15-,19-/m0/s1. The Morgan fingerprint density at radius 2 is 2.04 bits per heavy atom. The first-order chi connectivity index (χ1) is 11.5. The van der Waals surface area contributed by atoms with Gasteiger partial charge in [0.1, 0.15) is 5.75 Å². The van der Waals surface area contributed by atoms with Gasteiger partial charge in [0.25, 0.3) is 0 Å². The van der Waals surface area contributed by atoms with Crippen molar-refractivity contribution in [3.05, 3.63) is 55.7 Å². The third-order valence-corrected chi connectivity index (χ3v) is 7.30. The van der Waals surface area contributed by atoms with Gasteiger partial charge in [-0.2, -0.15) is 0 Å². The summed E-state index contributed by atoms with van der Waals surface area (Å²) < 4.78 is 6.42. The van der Waals surface area contributed by atoms with E-state index in [1.807, 2.05) is 36.9 Å². The number of hydrogen-bond acceptors (Lipinski definition) is 5. The molecule has 3 aliphatic rings. The monoisotopic (exact) mass is 353 g/mol. The number of thioether (sulfide) groups is 1. The Kier molecular flexibility index (Phi) is 2.78. The summed E-state index contributed by atoms with van der Waals surface area (Å²) in [5.74, 6) is 0.455. The maximum atomic E-state index is 12.9. The summed E-state index contributed by atoms with van der Waals surface area (Å²) in [6.45, 7) is 6.36. The van der Waals surface area contributed by atoms with Crippen molar-refractivity contribution in [1.82, 2.24) is 4.98 Å². The molecule has 0 saturated carbocycles. The average Bonchev–Trinajstić information content (AvgIpc) is 3.05. The Morgan fingerprint density at radius 3 is 2.88 bits per heavy atom. The predicted molar refractivity (Wildman–Crippen MR) is 97.5 cm³/mol. The van der Waals surface area contributed by atoms with Crippen molar-refractivity contribution >= 4 is 40.2 Å². The van der Waals surface area contributed by atoms with Crippen molar-refractivity contribution < 1.29 is 9.53 Å². The van der Waals surface area contributed by atoms with E-state index in [1.54, 1.807) is 11.3 Å². The van der Waals surface area contributed by atoms with Crippen LogP contribution in [0.3, 0.4) is 0 Å². The molecule has 0 spiro atoms. The Morgan fingerprint density at radius 1 is 1.25 bits per heavy atom. The molecular formula is C19H15NO2S2. The Balaban J connectivity index is 1.98. The first-order valence-electron chi connectivity index (χ1n) is 7.90. The summed E-state index contributed by atoms with van der Waals surface area (Å²) in [7, 11) is 0. The molecule has 24 heavy (non-hydrogen) atoms. The minimum atomic E-state index is -0.228. The Labute approximate surface area is 147 Å². The number of hydrogen-bond donors (Lipinski definition) is 0. The molecule has 3 heterocycles. The molecule has 0 saturated heterocycles. The molecule has 2 atom stereocenters. The SMILES string of the molecule is CC1=CC2=c3nc(C)sc3=C3C(=O)Oc4ccccc4[C@@H]3[C@@]2(C)S1. The van der Waals surface area contributed by atoms with Gasteiger partial charge < -0.3 is 4.74 Å². The van der Waals surface area contributed by atoms with Crippen LogP contribution >= 0.6 is 23.1 Å². The van der Waals surface area contributed by atoms with Gasteiger partial charge in [-0.3, -0.25) is 0 Å². The number of esters is 1. The van der Waals surface area contributed by atoms with E-state index in [0.717, 1.165) is 26.0 Å². The summed E-state index contributed by atoms with van der Waals surface area (Å²) in [4.78, 5) is 18.9. The zero-order chi connectivity index (χ0) is 16.6. The van der Waals surface area contributed by atoms with Crippen molar-refractivity contribution in [3.8, 4) is 5.75 Å². The number of ether oxygens (including phenoxy) is 1. The summed E-state index contributed by atoms with van der Waals surface area (Å²) in [6, 6.07) is 7.91. The van der Waals surface area contributed by atoms with Crippen LogP contribution in [0.25, 0.3) is 11.1 Å². The van der Waals surface area contributed by atoms with Gasteiger partial charge in [0.15, 0.2) is 0 Å². The quantitative estimate of drug-likeness (QED) is 0.539. The van der Waals surface area contributed by atoms with Crippen LogP contribution < -0.4 is 14.6 Å². The molecule has 1 aromatic carbocycles. The molecule has 5 heteroatoms. The van der Waals surface area contributed by atoms with Gasteiger partial charge in [-0.15, -0.1) is 23.1 Å². The number of thiazole rings is 1. The lowest BCUT2D eigenvalue weighted by Crippen LogP contribution is -2.48. The fraction of sp³-hybridized carbons (Fsp3) is 0.263. The molecule has 2 aromatic rings. The molecule has 120 valence electrons. The molecule has 3 nitrogen and oxygen atoms in total. The van der Waals surface area contributed by atoms with E-state index < -0.39 is 0 Å². The fourth-order valence-electron chi connectivity index (χ4n) is 4.11. The van der Waals surface area contributed by atoms with Crippen LogP contribution in [0.5, 0.6) is 5.75 Å². The van der Waals surface area contributed by atoms with Gasteiger partial charge in [0, 0.05) is 11.5 Å². The molecule has 0 bridgehead atoms. The van der Waals surface area contributed by atoms with Crippen LogP contribution in [-0.2, 0) is 4.79 Å². The van der Waals surface area contributed by atoms with E-state index in [1.165, 1.54) is 10.5 Å². The number of carbonyl (C=O) groups is 1. The number of nitrogens with zero attached hydrogens (tertiary/aromatic N) is 1. The molecule has 0 amide bonds. The molecule has 0 fully saturated rings. The molecule has 2 aliphatic heterocycles. The minimum absolute atomic E-state index is 0.00370. The van der Waals surface area contributed by atoms with Gasteiger partial charge >= 0.3 is 5.97 Å². The van der Waals surface area contributed by atoms with E-state index in [9.17, 15) is 4.79 Å². The number of fused-ring (bicyclic) bond motifs is 6. The normalized spacial score (nSPS) is 27.0. The second kappa shape index (κ2) is 4.61. The number of carbonyl (C=O) groups excluding carboxylic acids is 1. The maximum Gasteiger partial charge on any atom is 0.341 e. The van der Waals surface area contributed by atoms with Crippen LogP contribution in [0.1, 0.15) is 30.3 Å². The number of benzene rings is 1. The number of rotatable bonds is 0. The molecular weight excluding hydrogens is 338 g/mol. The number of aromatic nitrogens is 1. The van der Waals surface area contributed by atoms with Crippen molar-refractivity contribution in [2.45, 2.75) is 31.4 Å². The van der Waals surface area contributed by atoms with Crippen molar-refractivity contribution in [2.75, 3.05) is 0 Å². The minimum Gasteiger partial charge on any atom is -0.423 e. The van der Waals surface area contributed by atoms with Crippen LogP contribution in [0.2, 0.25) is 0 Å². The highest BCUT2D eigenvalue weighted by Gasteiger charge is 2.52. The van der Waals surface area contributed by atoms with Gasteiger partial charge in [-0.1, -0.05) is 18.2 Å². The molecule has 0 unspecified atom stereocenters. The zero-order valence-corrected chi connectivity index (χ0v) is 15.2. The summed E-state index contributed by atoms with van der Waals surface area (Å²) >= 11 is 3.43. The maximum absolute atomic E-state index is 12.9. The molecule has 5 rings (SSSR count). The van der Waals surface area contributed by atoms with Crippen molar-refractivity contribution in [2.24, 2.45) is 0 Å². The summed E-state index contributed by atoms with van der Waals surface area (Å²) in [5, 5.41) is 1.95. The van der Waals surface area contributed by atoms with Crippen LogP contribution in [0.4, 0.5) is 0 Å². The van der Waals surface area contributed by atoms with Crippen molar-refractivity contribution in [1.29, 1.82) is 0 Å². The first-order valence-corrected chi connectivity index (χ1v) is 9.53. The highest BCUT2D eigenvalue weighted by Crippen LogP contribution is 2.59. The second-order valence-corrected chi connectivity index (χ2v) is 9.46. The molecule has 1 aliphatic carbocycles. The van der Waals surface area contributed by atoms with Gasteiger partial charge in [-0.25, -0.2) is 9.78 Å². The van der Waals surface area contributed by atoms with E-state index in [4.69, 9.17) is 9.72 Å². The molecule has 0 radical (unpaired) electrons. The fourth-order valence-corrected chi connectivity index (χ4v) is 6.58. The Hall–Kier alpha value is -1.85. The van der Waals surface area contributed by atoms with Crippen LogP contribution in [0, 0.1) is 6.92 Å². The van der Waals surface area contributed by atoms with Crippen molar-refractivity contribution in [3.63, 3.8) is 0 Å². The lowest BCUT2D eigenvalue weighted by atomic mass is 9.73. The van der Waals surface area contributed by atoms with Gasteiger partial charge in [-0.05, 0) is 43.4 Å². The summed E-state index contributed by atoms with van der Waals surface area (Å²) in [5.41, 5.74) is 3.11. The second-order valence-electron chi connectivity index (χ2n) is 6.56. The van der Waals surface area contributed by atoms with E-state index in [2.05, 4.69) is 26.0 Å². The third kappa shape index (κ3) is 1.69. The Bertz CT molecular complexity index is 1080. The average molecular weight is 353 g/mol. The van der Waals surface area contributed by atoms with Gasteiger partial charge in [0.05, 0.1) is 25.2 Å². The van der Waals surface area contributed by atoms with E-state index >= 15 is 0 Å². The third-order valence-electron chi connectivity index (χ3n) is 4.98. The smallest absolute Gasteiger partial charge is 0.341 e. The van der Waals surface area contributed by atoms with E-state index in [0.29, 0.717) is 5.75 Å². The van der Waals surface area contributed by atoms with Gasteiger partial charge in [0.2, 0.25) is 0 Å². The van der Waals surface area contributed by atoms with Crippen LogP contribution in [0.15, 0.2) is 35.2 Å². The highest BCUT2D eigenvalue weighted by molar-refractivity contribution is 8.05. The highest BCUT2D eigenvalue weighted by atomic mass is 32.2. The lowest BCUT2D eigenvalue weighted by molar-refractivity contribution is -0.129. The zero-order valence-electron chi connectivity index (χ0n) is 13.5. The largest absolute Gasteiger partial charge is 0.423 e.